The summed E-state index contributed by atoms with van der Waals surface area (Å²) in [6.07, 6.45) is -0.617. The number of carbonyl (C=O) groups excluding carboxylic acids is 1. The average molecular weight is 277 g/mol. The van der Waals surface area contributed by atoms with Gasteiger partial charge in [-0.15, -0.1) is 0 Å². The minimum absolute atomic E-state index is 0.000539. The van der Waals surface area contributed by atoms with Crippen LogP contribution in [0.25, 0.3) is 0 Å². The third-order valence-corrected chi connectivity index (χ3v) is 5.20. The van der Waals surface area contributed by atoms with Crippen molar-refractivity contribution in [2.45, 2.75) is 25.0 Å². The molecule has 7 nitrogen and oxygen atoms in total. The van der Waals surface area contributed by atoms with Crippen molar-refractivity contribution < 1.29 is 28.2 Å². The quantitative estimate of drug-likeness (QED) is 0.633. The van der Waals surface area contributed by atoms with Gasteiger partial charge in [0.05, 0.1) is 23.5 Å². The molecule has 0 bridgehead atoms. The first-order chi connectivity index (χ1) is 8.30. The Kier molecular flexibility index (Phi) is 3.33. The van der Waals surface area contributed by atoms with Crippen LogP contribution in [-0.2, 0) is 19.4 Å². The van der Waals surface area contributed by atoms with Gasteiger partial charge in [0, 0.05) is 13.0 Å². The number of hydrogen-bond acceptors (Lipinski definition) is 5. The summed E-state index contributed by atoms with van der Waals surface area (Å²) in [5.41, 5.74) is 0. The topological polar surface area (TPSA) is 112 Å². The first kappa shape index (κ1) is 13.3. The predicted molar refractivity (Wildman–Crippen MR) is 60.5 cm³/mol. The van der Waals surface area contributed by atoms with Gasteiger partial charge in [0.15, 0.2) is 9.84 Å². The van der Waals surface area contributed by atoms with Gasteiger partial charge in [-0.25, -0.2) is 13.2 Å². The Hall–Kier alpha value is -1.15. The van der Waals surface area contributed by atoms with Gasteiger partial charge in [0.25, 0.3) is 0 Å². The van der Waals surface area contributed by atoms with Gasteiger partial charge in [-0.05, 0) is 6.42 Å². The second kappa shape index (κ2) is 4.51. The summed E-state index contributed by atoms with van der Waals surface area (Å²) < 4.78 is 22.6. The molecule has 2 N–H and O–H groups in total. The second-order valence-electron chi connectivity index (χ2n) is 4.83. The van der Waals surface area contributed by atoms with E-state index in [4.69, 9.17) is 5.11 Å². The van der Waals surface area contributed by atoms with Crippen LogP contribution in [0.2, 0.25) is 0 Å². The third-order valence-electron chi connectivity index (χ3n) is 3.43. The van der Waals surface area contributed by atoms with Crippen LogP contribution in [0.15, 0.2) is 0 Å². The number of carbonyl (C=O) groups is 2. The van der Waals surface area contributed by atoms with Gasteiger partial charge >= 0.3 is 5.97 Å². The predicted octanol–water partition coefficient (Wildman–Crippen LogP) is -1.53. The number of β-amino-alcohol motifs (C(OH)–C–C–N with tert-alkyl or cyclic N) is 1. The van der Waals surface area contributed by atoms with E-state index in [1.54, 1.807) is 0 Å². The summed E-state index contributed by atoms with van der Waals surface area (Å²) >= 11 is 0. The summed E-state index contributed by atoms with van der Waals surface area (Å²) in [6.45, 7) is -0.0354. The van der Waals surface area contributed by atoms with Crippen molar-refractivity contribution in [3.05, 3.63) is 0 Å². The molecule has 2 aliphatic heterocycles. The normalized spacial score (nSPS) is 34.7. The first-order valence-corrected chi connectivity index (χ1v) is 7.54. The standard InChI is InChI=1S/C10H15NO6S/c12-7-3-8(10(14)15)11(4-7)9(13)6-1-2-18(16,17)5-6/h6-8,12H,1-5H2,(H,14,15). The van der Waals surface area contributed by atoms with E-state index in [0.29, 0.717) is 0 Å². The highest BCUT2D eigenvalue weighted by Crippen LogP contribution is 2.26. The molecule has 2 fully saturated rings. The minimum Gasteiger partial charge on any atom is -0.480 e. The number of aliphatic hydroxyl groups is 1. The molecule has 3 unspecified atom stereocenters. The van der Waals surface area contributed by atoms with E-state index in [1.165, 1.54) is 0 Å². The van der Waals surface area contributed by atoms with Gasteiger partial charge in [0.1, 0.15) is 6.04 Å². The third kappa shape index (κ3) is 2.49. The zero-order chi connectivity index (χ0) is 13.5. The molecule has 0 spiro atoms. The zero-order valence-electron chi connectivity index (χ0n) is 9.65. The Morgan fingerprint density at radius 2 is 1.94 bits per heavy atom. The number of sulfone groups is 1. The van der Waals surface area contributed by atoms with E-state index in [-0.39, 0.29) is 30.9 Å². The number of amides is 1. The number of nitrogens with zero attached hydrogens (tertiary/aromatic N) is 1. The highest BCUT2D eigenvalue weighted by Gasteiger charge is 2.43. The largest absolute Gasteiger partial charge is 0.480 e. The molecular formula is C10H15NO6S. The van der Waals surface area contributed by atoms with Gasteiger partial charge < -0.3 is 15.1 Å². The molecule has 1 amide bonds. The molecule has 2 rings (SSSR count). The zero-order valence-corrected chi connectivity index (χ0v) is 10.5. The molecule has 0 aliphatic carbocycles. The molecule has 2 heterocycles. The number of hydrogen-bond donors (Lipinski definition) is 2. The summed E-state index contributed by atoms with van der Waals surface area (Å²) in [5, 5.41) is 18.4. The lowest BCUT2D eigenvalue weighted by atomic mass is 10.1. The Bertz CT molecular complexity index is 473. The van der Waals surface area contributed by atoms with Crippen LogP contribution in [0.5, 0.6) is 0 Å². The fourth-order valence-corrected chi connectivity index (χ4v) is 4.25. The van der Waals surface area contributed by atoms with Gasteiger partial charge in [-0.3, -0.25) is 4.79 Å². The fraction of sp³-hybridized carbons (Fsp3) is 0.800. The minimum atomic E-state index is -3.18. The van der Waals surface area contributed by atoms with E-state index in [0.717, 1.165) is 4.90 Å². The highest BCUT2D eigenvalue weighted by molar-refractivity contribution is 7.91. The number of rotatable bonds is 2. The van der Waals surface area contributed by atoms with Crippen molar-refractivity contribution in [1.82, 2.24) is 4.90 Å². The molecule has 0 aromatic carbocycles. The number of aliphatic carboxylic acids is 1. The maximum Gasteiger partial charge on any atom is 0.326 e. The highest BCUT2D eigenvalue weighted by atomic mass is 32.2. The van der Waals surface area contributed by atoms with E-state index in [1.807, 2.05) is 0 Å². The molecule has 3 atom stereocenters. The van der Waals surface area contributed by atoms with Gasteiger partial charge in [-0.2, -0.15) is 0 Å². The van der Waals surface area contributed by atoms with Crippen molar-refractivity contribution in [1.29, 1.82) is 0 Å². The summed E-state index contributed by atoms with van der Waals surface area (Å²) in [5.74, 6) is -2.55. The van der Waals surface area contributed by atoms with E-state index in [9.17, 15) is 23.1 Å². The fourth-order valence-electron chi connectivity index (χ4n) is 2.52. The number of likely N-dealkylation sites (tertiary alicyclic amines) is 1. The van der Waals surface area contributed by atoms with Crippen LogP contribution >= 0.6 is 0 Å². The van der Waals surface area contributed by atoms with E-state index >= 15 is 0 Å². The lowest BCUT2D eigenvalue weighted by Gasteiger charge is -2.23. The number of carboxylic acids is 1. The van der Waals surface area contributed by atoms with Gasteiger partial charge in [-0.1, -0.05) is 0 Å². The molecule has 8 heteroatoms. The molecule has 2 aliphatic rings. The van der Waals surface area contributed by atoms with E-state index in [2.05, 4.69) is 0 Å². The first-order valence-electron chi connectivity index (χ1n) is 5.72. The summed E-state index contributed by atoms with van der Waals surface area (Å²) in [4.78, 5) is 24.2. The summed E-state index contributed by atoms with van der Waals surface area (Å²) in [7, 11) is -3.18. The number of aliphatic hydroxyl groups excluding tert-OH is 1. The van der Waals surface area contributed by atoms with Crippen molar-refractivity contribution >= 4 is 21.7 Å². The van der Waals surface area contributed by atoms with Crippen molar-refractivity contribution in [3.63, 3.8) is 0 Å². The molecule has 0 radical (unpaired) electrons. The van der Waals surface area contributed by atoms with Crippen LogP contribution in [-0.4, -0.2) is 65.6 Å². The second-order valence-corrected chi connectivity index (χ2v) is 7.06. The van der Waals surface area contributed by atoms with Crippen LogP contribution in [0.3, 0.4) is 0 Å². The Morgan fingerprint density at radius 3 is 2.44 bits per heavy atom. The van der Waals surface area contributed by atoms with Gasteiger partial charge in [0.2, 0.25) is 5.91 Å². The Labute approximate surface area is 104 Å². The van der Waals surface area contributed by atoms with Crippen LogP contribution in [0.4, 0.5) is 0 Å². The van der Waals surface area contributed by atoms with Crippen LogP contribution < -0.4 is 0 Å². The average Bonchev–Trinajstić information content (AvgIpc) is 2.80. The molecule has 0 aromatic heterocycles. The molecule has 0 aromatic rings. The lowest BCUT2D eigenvalue weighted by Crippen LogP contribution is -2.44. The van der Waals surface area contributed by atoms with Crippen LogP contribution in [0, 0.1) is 5.92 Å². The van der Waals surface area contributed by atoms with Crippen molar-refractivity contribution in [2.75, 3.05) is 18.1 Å². The molecule has 102 valence electrons. The van der Waals surface area contributed by atoms with Crippen molar-refractivity contribution in [3.8, 4) is 0 Å². The maximum atomic E-state index is 12.1. The van der Waals surface area contributed by atoms with Crippen molar-refractivity contribution in [2.24, 2.45) is 5.92 Å². The maximum absolute atomic E-state index is 12.1. The lowest BCUT2D eigenvalue weighted by molar-refractivity contribution is -0.149. The molecule has 18 heavy (non-hydrogen) atoms. The van der Waals surface area contributed by atoms with Crippen LogP contribution in [0.1, 0.15) is 12.8 Å². The monoisotopic (exact) mass is 277 g/mol. The SMILES string of the molecule is O=C(O)C1CC(O)CN1C(=O)C1CCS(=O)(=O)C1. The smallest absolute Gasteiger partial charge is 0.326 e. The van der Waals surface area contributed by atoms with E-state index < -0.39 is 39.8 Å². The molecule has 2 saturated heterocycles. The Balaban J connectivity index is 2.11. The molecular weight excluding hydrogens is 262 g/mol. The summed E-state index contributed by atoms with van der Waals surface area (Å²) in [6, 6.07) is -1.05. The number of carboxylic acid groups (broad SMARTS) is 1. The Morgan fingerprint density at radius 1 is 1.28 bits per heavy atom. The molecule has 0 saturated carbocycles.